The number of hydrogen-bond acceptors (Lipinski definition) is 6. The molecule has 132 valence electrons. The highest BCUT2D eigenvalue weighted by atomic mass is 16.5. The molecule has 1 aromatic carbocycles. The van der Waals surface area contributed by atoms with E-state index in [4.69, 9.17) is 19.9 Å². The van der Waals surface area contributed by atoms with Crippen LogP contribution in [-0.2, 0) is 14.3 Å². The molecule has 3 N–H and O–H groups in total. The molecule has 0 saturated carbocycles. The zero-order valence-electron chi connectivity index (χ0n) is 13.7. The van der Waals surface area contributed by atoms with E-state index >= 15 is 0 Å². The fourth-order valence-corrected chi connectivity index (χ4v) is 1.78. The van der Waals surface area contributed by atoms with Gasteiger partial charge in [-0.1, -0.05) is 12.1 Å². The fraction of sp³-hybridized carbons (Fsp3) is 0.438. The van der Waals surface area contributed by atoms with E-state index in [1.54, 1.807) is 12.1 Å². The van der Waals surface area contributed by atoms with Gasteiger partial charge in [-0.05, 0) is 32.4 Å². The summed E-state index contributed by atoms with van der Waals surface area (Å²) in [7, 11) is 0. The van der Waals surface area contributed by atoms with Crippen LogP contribution in [0.5, 0.6) is 11.5 Å². The molecular formula is C16H22N2O6. The number of para-hydroxylation sites is 2. The zero-order chi connectivity index (χ0) is 17.9. The van der Waals surface area contributed by atoms with Gasteiger partial charge in [0.2, 0.25) is 0 Å². The number of benzene rings is 1. The van der Waals surface area contributed by atoms with Gasteiger partial charge in [0.1, 0.15) is 0 Å². The van der Waals surface area contributed by atoms with E-state index in [0.717, 1.165) is 0 Å². The number of primary amides is 1. The van der Waals surface area contributed by atoms with E-state index in [-0.39, 0.29) is 6.42 Å². The molecule has 0 spiro atoms. The van der Waals surface area contributed by atoms with Gasteiger partial charge >= 0.3 is 12.0 Å². The van der Waals surface area contributed by atoms with Crippen molar-refractivity contribution < 1.29 is 28.6 Å². The van der Waals surface area contributed by atoms with Gasteiger partial charge in [-0.25, -0.2) is 4.79 Å². The van der Waals surface area contributed by atoms with E-state index in [0.29, 0.717) is 31.1 Å². The van der Waals surface area contributed by atoms with Crippen molar-refractivity contribution in [3.63, 3.8) is 0 Å². The Morgan fingerprint density at radius 3 is 2.38 bits per heavy atom. The summed E-state index contributed by atoms with van der Waals surface area (Å²) in [5, 5.41) is 1.84. The molecule has 0 saturated heterocycles. The highest BCUT2D eigenvalue weighted by molar-refractivity contribution is 5.96. The SMILES string of the molecule is CCOc1ccccc1OCCCC(=O)O[C@H](C)C(=O)NC(N)=O. The third-order valence-corrected chi connectivity index (χ3v) is 2.86. The van der Waals surface area contributed by atoms with E-state index in [2.05, 4.69) is 0 Å². The molecule has 8 nitrogen and oxygen atoms in total. The van der Waals surface area contributed by atoms with Crippen molar-refractivity contribution in [2.75, 3.05) is 13.2 Å². The fourth-order valence-electron chi connectivity index (χ4n) is 1.78. The highest BCUT2D eigenvalue weighted by Gasteiger charge is 2.18. The molecule has 24 heavy (non-hydrogen) atoms. The average Bonchev–Trinajstić information content (AvgIpc) is 2.52. The number of ether oxygens (including phenoxy) is 3. The summed E-state index contributed by atoms with van der Waals surface area (Å²) in [6.45, 7) is 4.05. The monoisotopic (exact) mass is 338 g/mol. The predicted octanol–water partition coefficient (Wildman–Crippen LogP) is 1.37. The number of hydrogen-bond donors (Lipinski definition) is 2. The van der Waals surface area contributed by atoms with Crippen molar-refractivity contribution in [2.45, 2.75) is 32.8 Å². The number of amides is 3. The van der Waals surface area contributed by atoms with Gasteiger partial charge in [0.25, 0.3) is 5.91 Å². The first kappa shape index (κ1) is 19.3. The quantitative estimate of drug-likeness (QED) is 0.519. The Hall–Kier alpha value is -2.77. The van der Waals surface area contributed by atoms with Crippen LogP contribution in [0.3, 0.4) is 0 Å². The Labute approximate surface area is 140 Å². The van der Waals surface area contributed by atoms with Crippen LogP contribution in [0.4, 0.5) is 4.79 Å². The molecule has 0 unspecified atom stereocenters. The Morgan fingerprint density at radius 1 is 1.17 bits per heavy atom. The van der Waals surface area contributed by atoms with Gasteiger partial charge in [0, 0.05) is 6.42 Å². The minimum Gasteiger partial charge on any atom is -0.490 e. The maximum atomic E-state index is 11.6. The molecule has 3 amide bonds. The summed E-state index contributed by atoms with van der Waals surface area (Å²) >= 11 is 0. The Balaban J connectivity index is 2.31. The number of urea groups is 1. The van der Waals surface area contributed by atoms with Gasteiger partial charge in [-0.15, -0.1) is 0 Å². The van der Waals surface area contributed by atoms with Crippen molar-refractivity contribution in [1.82, 2.24) is 5.32 Å². The number of rotatable bonds is 9. The minimum absolute atomic E-state index is 0.0744. The molecule has 0 aliphatic carbocycles. The molecule has 0 aliphatic heterocycles. The number of imide groups is 1. The van der Waals surface area contributed by atoms with Crippen LogP contribution >= 0.6 is 0 Å². The van der Waals surface area contributed by atoms with Gasteiger partial charge < -0.3 is 19.9 Å². The van der Waals surface area contributed by atoms with Gasteiger partial charge in [0.15, 0.2) is 17.6 Å². The van der Waals surface area contributed by atoms with Crippen LogP contribution in [0, 0.1) is 0 Å². The van der Waals surface area contributed by atoms with Crippen LogP contribution < -0.4 is 20.5 Å². The van der Waals surface area contributed by atoms with Crippen molar-refractivity contribution in [3.05, 3.63) is 24.3 Å². The van der Waals surface area contributed by atoms with Crippen LogP contribution in [0.15, 0.2) is 24.3 Å². The van der Waals surface area contributed by atoms with Crippen LogP contribution in [0.2, 0.25) is 0 Å². The molecule has 8 heteroatoms. The van der Waals surface area contributed by atoms with Crippen molar-refractivity contribution in [3.8, 4) is 11.5 Å². The maximum absolute atomic E-state index is 11.6. The largest absolute Gasteiger partial charge is 0.490 e. The molecule has 0 heterocycles. The van der Waals surface area contributed by atoms with Gasteiger partial charge in [-0.2, -0.15) is 0 Å². The highest BCUT2D eigenvalue weighted by Crippen LogP contribution is 2.26. The number of nitrogens with one attached hydrogen (secondary N) is 1. The van der Waals surface area contributed by atoms with Crippen LogP contribution in [0.25, 0.3) is 0 Å². The van der Waals surface area contributed by atoms with Crippen LogP contribution in [-0.4, -0.2) is 37.2 Å². The lowest BCUT2D eigenvalue weighted by Crippen LogP contribution is -2.42. The van der Waals surface area contributed by atoms with Crippen molar-refractivity contribution in [1.29, 1.82) is 0 Å². The summed E-state index contributed by atoms with van der Waals surface area (Å²) in [4.78, 5) is 33.5. The second kappa shape index (κ2) is 10.1. The molecule has 0 aliphatic rings. The lowest BCUT2D eigenvalue weighted by molar-refractivity contribution is -0.154. The minimum atomic E-state index is -1.09. The van der Waals surface area contributed by atoms with Gasteiger partial charge in [0.05, 0.1) is 13.2 Å². The second-order valence-corrected chi connectivity index (χ2v) is 4.82. The third-order valence-electron chi connectivity index (χ3n) is 2.86. The molecule has 1 aromatic rings. The summed E-state index contributed by atoms with van der Waals surface area (Å²) in [6, 6.07) is 6.24. The predicted molar refractivity (Wildman–Crippen MR) is 85.6 cm³/mol. The lowest BCUT2D eigenvalue weighted by atomic mass is 10.3. The number of nitrogens with two attached hydrogens (primary N) is 1. The zero-order valence-corrected chi connectivity index (χ0v) is 13.7. The summed E-state index contributed by atoms with van der Waals surface area (Å²) < 4.78 is 15.9. The standard InChI is InChI=1S/C16H22N2O6/c1-3-22-12-7-4-5-8-13(12)23-10-6-9-14(19)24-11(2)15(20)18-16(17)21/h4-5,7-8,11H,3,6,9-10H2,1-2H3,(H3,17,18,20,21)/t11-/m1/s1. The Bertz CT molecular complexity index is 575. The molecule has 0 fully saturated rings. The van der Waals surface area contributed by atoms with E-state index in [9.17, 15) is 14.4 Å². The number of esters is 1. The molecule has 1 atom stereocenters. The summed E-state index contributed by atoms with van der Waals surface area (Å²) in [5.41, 5.74) is 4.81. The normalized spacial score (nSPS) is 11.2. The summed E-state index contributed by atoms with van der Waals surface area (Å²) in [6.07, 6.45) is -0.612. The molecular weight excluding hydrogens is 316 g/mol. The lowest BCUT2D eigenvalue weighted by Gasteiger charge is -2.13. The first-order valence-corrected chi connectivity index (χ1v) is 7.58. The van der Waals surface area contributed by atoms with Crippen LogP contribution in [0.1, 0.15) is 26.7 Å². The number of carbonyl (C=O) groups excluding carboxylic acids is 3. The smallest absolute Gasteiger partial charge is 0.318 e. The number of carbonyl (C=O) groups is 3. The van der Waals surface area contributed by atoms with E-state index in [1.165, 1.54) is 6.92 Å². The van der Waals surface area contributed by atoms with Crippen molar-refractivity contribution >= 4 is 17.9 Å². The molecule has 1 rings (SSSR count). The second-order valence-electron chi connectivity index (χ2n) is 4.82. The first-order valence-electron chi connectivity index (χ1n) is 7.58. The average molecular weight is 338 g/mol. The maximum Gasteiger partial charge on any atom is 0.318 e. The molecule has 0 aromatic heterocycles. The van der Waals surface area contributed by atoms with E-state index in [1.807, 2.05) is 24.4 Å². The topological polar surface area (TPSA) is 117 Å². The van der Waals surface area contributed by atoms with E-state index < -0.39 is 24.0 Å². The Kier molecular flexibility index (Phi) is 8.10. The van der Waals surface area contributed by atoms with Crippen molar-refractivity contribution in [2.24, 2.45) is 5.73 Å². The van der Waals surface area contributed by atoms with Gasteiger partial charge in [-0.3, -0.25) is 14.9 Å². The third kappa shape index (κ3) is 6.99. The first-order chi connectivity index (χ1) is 11.4. The molecule has 0 bridgehead atoms. The Morgan fingerprint density at radius 2 is 1.79 bits per heavy atom. The molecule has 0 radical (unpaired) electrons. The summed E-state index contributed by atoms with van der Waals surface area (Å²) in [5.74, 6) is -0.0946.